The average molecular weight is 290 g/mol. The normalized spacial score (nSPS) is 17.7. The lowest BCUT2D eigenvalue weighted by Crippen LogP contribution is -2.51. The number of fused-ring (bicyclic) bond motifs is 1. The van der Waals surface area contributed by atoms with Gasteiger partial charge in [-0.2, -0.15) is 0 Å². The first-order valence-electron chi connectivity index (χ1n) is 8.16. The maximum absolute atomic E-state index is 9.71. The highest BCUT2D eigenvalue weighted by molar-refractivity contribution is 5.56. The van der Waals surface area contributed by atoms with Crippen LogP contribution in [0.5, 0.6) is 0 Å². The second kappa shape index (κ2) is 6.80. The number of benzene rings is 1. The molecule has 3 nitrogen and oxygen atoms in total. The van der Waals surface area contributed by atoms with E-state index in [1.165, 1.54) is 29.7 Å². The van der Waals surface area contributed by atoms with E-state index in [1.807, 2.05) is 0 Å². The minimum atomic E-state index is -0.198. The first kappa shape index (κ1) is 16.3. The first-order chi connectivity index (χ1) is 9.93. The third kappa shape index (κ3) is 4.21. The number of nitrogens with one attached hydrogen (secondary N) is 1. The largest absolute Gasteiger partial charge is 0.394 e. The molecule has 3 heteroatoms. The van der Waals surface area contributed by atoms with Crippen LogP contribution in [0.3, 0.4) is 0 Å². The monoisotopic (exact) mass is 290 g/mol. The molecule has 1 aromatic carbocycles. The summed E-state index contributed by atoms with van der Waals surface area (Å²) in [5.74, 6) is 0. The first-order valence-corrected chi connectivity index (χ1v) is 8.16. The van der Waals surface area contributed by atoms with Crippen molar-refractivity contribution in [2.45, 2.75) is 58.5 Å². The minimum absolute atomic E-state index is 0.180. The Bertz CT molecular complexity index is 472. The van der Waals surface area contributed by atoms with Gasteiger partial charge >= 0.3 is 0 Å². The van der Waals surface area contributed by atoms with Crippen LogP contribution in [-0.2, 0) is 6.42 Å². The van der Waals surface area contributed by atoms with Crippen molar-refractivity contribution in [2.75, 3.05) is 24.6 Å². The van der Waals surface area contributed by atoms with Gasteiger partial charge in [-0.3, -0.25) is 0 Å². The van der Waals surface area contributed by atoms with Gasteiger partial charge in [0.05, 0.1) is 6.61 Å². The van der Waals surface area contributed by atoms with Crippen LogP contribution >= 0.6 is 0 Å². The number of rotatable bonds is 6. The Kier molecular flexibility index (Phi) is 5.28. The molecule has 21 heavy (non-hydrogen) atoms. The lowest BCUT2D eigenvalue weighted by Gasteiger charge is -2.37. The number of hydrogen-bond acceptors (Lipinski definition) is 3. The van der Waals surface area contributed by atoms with Gasteiger partial charge in [-0.1, -0.05) is 31.5 Å². The molecule has 1 atom stereocenters. The molecule has 1 aliphatic rings. The lowest BCUT2D eigenvalue weighted by molar-refractivity contribution is 0.158. The molecule has 0 radical (unpaired) electrons. The number of aliphatic hydroxyl groups excluding tert-OH is 1. The molecule has 2 N–H and O–H groups in total. The summed E-state index contributed by atoms with van der Waals surface area (Å²) in [5.41, 5.74) is 4.01. The van der Waals surface area contributed by atoms with E-state index in [1.54, 1.807) is 0 Å². The van der Waals surface area contributed by atoms with Gasteiger partial charge in [-0.05, 0) is 44.7 Å². The SMILES string of the molecule is Cc1ccc2c(c1)CCCN2CCC(C)(CO)NC(C)C. The van der Waals surface area contributed by atoms with Crippen molar-refractivity contribution in [3.8, 4) is 0 Å². The maximum atomic E-state index is 9.71. The maximum Gasteiger partial charge on any atom is 0.0611 e. The molecule has 0 amide bonds. The topological polar surface area (TPSA) is 35.5 Å². The third-order valence-electron chi connectivity index (χ3n) is 4.37. The molecule has 2 rings (SSSR count). The van der Waals surface area contributed by atoms with E-state index in [0.717, 1.165) is 19.5 Å². The van der Waals surface area contributed by atoms with Gasteiger partial charge in [0, 0.05) is 30.4 Å². The van der Waals surface area contributed by atoms with Gasteiger partial charge in [0.25, 0.3) is 0 Å². The quantitative estimate of drug-likeness (QED) is 0.845. The Labute approximate surface area is 129 Å². The zero-order valence-electron chi connectivity index (χ0n) is 13.9. The predicted octanol–water partition coefficient (Wildman–Crippen LogP) is 2.89. The summed E-state index contributed by atoms with van der Waals surface area (Å²) < 4.78 is 0. The van der Waals surface area contributed by atoms with E-state index < -0.39 is 0 Å². The smallest absolute Gasteiger partial charge is 0.0611 e. The zero-order valence-corrected chi connectivity index (χ0v) is 13.9. The van der Waals surface area contributed by atoms with Crippen molar-refractivity contribution in [1.29, 1.82) is 0 Å². The molecule has 1 unspecified atom stereocenters. The van der Waals surface area contributed by atoms with Crippen molar-refractivity contribution in [1.82, 2.24) is 5.32 Å². The third-order valence-corrected chi connectivity index (χ3v) is 4.37. The van der Waals surface area contributed by atoms with Crippen molar-refractivity contribution < 1.29 is 5.11 Å². The molecule has 0 spiro atoms. The highest BCUT2D eigenvalue weighted by Gasteiger charge is 2.26. The molecule has 1 heterocycles. The number of aryl methyl sites for hydroxylation is 2. The fourth-order valence-corrected chi connectivity index (χ4v) is 3.31. The van der Waals surface area contributed by atoms with Gasteiger partial charge in [-0.15, -0.1) is 0 Å². The summed E-state index contributed by atoms with van der Waals surface area (Å²) in [6, 6.07) is 7.17. The number of aliphatic hydroxyl groups is 1. The van der Waals surface area contributed by atoms with Crippen molar-refractivity contribution in [2.24, 2.45) is 0 Å². The summed E-state index contributed by atoms with van der Waals surface area (Å²) in [4.78, 5) is 2.48. The number of anilines is 1. The van der Waals surface area contributed by atoms with E-state index in [9.17, 15) is 5.11 Å². The minimum Gasteiger partial charge on any atom is -0.394 e. The van der Waals surface area contributed by atoms with Gasteiger partial charge in [0.2, 0.25) is 0 Å². The zero-order chi connectivity index (χ0) is 15.5. The second-order valence-electron chi connectivity index (χ2n) is 6.99. The molecule has 0 bridgehead atoms. The molecule has 1 aliphatic heterocycles. The highest BCUT2D eigenvalue weighted by Crippen LogP contribution is 2.28. The molecular formula is C18H30N2O. The fraction of sp³-hybridized carbons (Fsp3) is 0.667. The molecule has 0 saturated carbocycles. The fourth-order valence-electron chi connectivity index (χ4n) is 3.31. The Morgan fingerprint density at radius 2 is 2.14 bits per heavy atom. The van der Waals surface area contributed by atoms with Gasteiger partial charge in [-0.25, -0.2) is 0 Å². The Morgan fingerprint density at radius 3 is 2.81 bits per heavy atom. The summed E-state index contributed by atoms with van der Waals surface area (Å²) in [6.45, 7) is 10.8. The van der Waals surface area contributed by atoms with E-state index >= 15 is 0 Å². The standard InChI is InChI=1S/C18H30N2O/c1-14(2)19-18(4,13-21)9-11-20-10-5-6-16-12-15(3)7-8-17(16)20/h7-8,12,14,19,21H,5-6,9-11,13H2,1-4H3. The Balaban J connectivity index is 2.04. The van der Waals surface area contributed by atoms with Crippen LogP contribution in [0.25, 0.3) is 0 Å². The Morgan fingerprint density at radius 1 is 1.38 bits per heavy atom. The van der Waals surface area contributed by atoms with Gasteiger partial charge < -0.3 is 15.3 Å². The number of hydrogen-bond donors (Lipinski definition) is 2. The Hall–Kier alpha value is -1.06. The average Bonchev–Trinajstić information content (AvgIpc) is 2.44. The molecule has 0 fully saturated rings. The van der Waals surface area contributed by atoms with Crippen LogP contribution in [-0.4, -0.2) is 36.4 Å². The van der Waals surface area contributed by atoms with Crippen LogP contribution in [0.2, 0.25) is 0 Å². The van der Waals surface area contributed by atoms with Crippen molar-refractivity contribution >= 4 is 5.69 Å². The summed E-state index contributed by atoms with van der Waals surface area (Å²) in [6.07, 6.45) is 3.37. The summed E-state index contributed by atoms with van der Waals surface area (Å²) in [7, 11) is 0. The molecule has 0 aromatic heterocycles. The van der Waals surface area contributed by atoms with E-state index in [0.29, 0.717) is 6.04 Å². The van der Waals surface area contributed by atoms with E-state index in [4.69, 9.17) is 0 Å². The van der Waals surface area contributed by atoms with Crippen LogP contribution in [0.4, 0.5) is 5.69 Å². The highest BCUT2D eigenvalue weighted by atomic mass is 16.3. The second-order valence-corrected chi connectivity index (χ2v) is 6.99. The predicted molar refractivity (Wildman–Crippen MR) is 90.1 cm³/mol. The van der Waals surface area contributed by atoms with Crippen molar-refractivity contribution in [3.63, 3.8) is 0 Å². The van der Waals surface area contributed by atoms with Crippen LogP contribution in [0.15, 0.2) is 18.2 Å². The molecule has 0 aliphatic carbocycles. The molecular weight excluding hydrogens is 260 g/mol. The van der Waals surface area contributed by atoms with Crippen LogP contribution in [0, 0.1) is 6.92 Å². The van der Waals surface area contributed by atoms with Gasteiger partial charge in [0.15, 0.2) is 0 Å². The molecule has 118 valence electrons. The summed E-state index contributed by atoms with van der Waals surface area (Å²) >= 11 is 0. The summed E-state index contributed by atoms with van der Waals surface area (Å²) in [5, 5.41) is 13.2. The van der Waals surface area contributed by atoms with E-state index in [-0.39, 0.29) is 12.1 Å². The lowest BCUT2D eigenvalue weighted by atomic mass is 9.95. The molecule has 1 aromatic rings. The number of nitrogens with zero attached hydrogens (tertiary/aromatic N) is 1. The van der Waals surface area contributed by atoms with Crippen molar-refractivity contribution in [3.05, 3.63) is 29.3 Å². The molecule has 0 saturated heterocycles. The van der Waals surface area contributed by atoms with E-state index in [2.05, 4.69) is 56.1 Å². The van der Waals surface area contributed by atoms with Crippen LogP contribution in [0.1, 0.15) is 44.7 Å². The van der Waals surface area contributed by atoms with Crippen LogP contribution < -0.4 is 10.2 Å². The van der Waals surface area contributed by atoms with Gasteiger partial charge in [0.1, 0.15) is 0 Å².